The quantitative estimate of drug-likeness (QED) is 0.695. The number of hydrogen-bond donors (Lipinski definition) is 1. The standard InChI is InChI=1S/C7H12N2O3S/c1-9-6(11-2)4(5(8)10)13-7(9)12-3/h7H,1-3H3,(H2,8,10). The Labute approximate surface area is 80.8 Å². The van der Waals surface area contributed by atoms with E-state index in [4.69, 9.17) is 15.2 Å². The van der Waals surface area contributed by atoms with Gasteiger partial charge in [0.15, 0.2) is 5.56 Å². The van der Waals surface area contributed by atoms with E-state index in [1.165, 1.54) is 18.9 Å². The maximum absolute atomic E-state index is 11.0. The van der Waals surface area contributed by atoms with E-state index in [1.807, 2.05) is 0 Å². The van der Waals surface area contributed by atoms with Crippen molar-refractivity contribution < 1.29 is 14.3 Å². The van der Waals surface area contributed by atoms with Crippen LogP contribution in [0.2, 0.25) is 0 Å². The van der Waals surface area contributed by atoms with Crippen molar-refractivity contribution in [1.82, 2.24) is 4.90 Å². The van der Waals surface area contributed by atoms with Crippen molar-refractivity contribution in [2.45, 2.75) is 5.56 Å². The fraction of sp³-hybridized carbons (Fsp3) is 0.571. The minimum atomic E-state index is -0.492. The van der Waals surface area contributed by atoms with Crippen molar-refractivity contribution >= 4 is 17.7 Å². The van der Waals surface area contributed by atoms with E-state index in [9.17, 15) is 4.79 Å². The number of ether oxygens (including phenoxy) is 2. The molecule has 0 radical (unpaired) electrons. The fourth-order valence-electron chi connectivity index (χ4n) is 1.09. The second-order valence-electron chi connectivity index (χ2n) is 2.47. The molecule has 0 aromatic heterocycles. The number of nitrogens with two attached hydrogens (primary N) is 1. The number of amides is 1. The number of carbonyl (C=O) groups is 1. The van der Waals surface area contributed by atoms with Crippen LogP contribution in [0.4, 0.5) is 0 Å². The molecule has 1 amide bonds. The molecule has 6 heteroatoms. The summed E-state index contributed by atoms with van der Waals surface area (Å²) in [6, 6.07) is 0. The molecule has 1 aliphatic rings. The molecule has 1 unspecified atom stereocenters. The zero-order valence-corrected chi connectivity index (χ0v) is 8.55. The summed E-state index contributed by atoms with van der Waals surface area (Å²) in [6.45, 7) is 0. The third-order valence-corrected chi connectivity index (χ3v) is 2.99. The third-order valence-electron chi connectivity index (χ3n) is 1.67. The van der Waals surface area contributed by atoms with E-state index in [1.54, 1.807) is 19.1 Å². The van der Waals surface area contributed by atoms with Crippen molar-refractivity contribution in [2.75, 3.05) is 21.3 Å². The molecule has 13 heavy (non-hydrogen) atoms. The molecule has 74 valence electrons. The monoisotopic (exact) mass is 204 g/mol. The summed E-state index contributed by atoms with van der Waals surface area (Å²) in [6.07, 6.45) is 0. The maximum Gasteiger partial charge on any atom is 0.260 e. The Morgan fingerprint density at radius 2 is 2.23 bits per heavy atom. The van der Waals surface area contributed by atoms with Gasteiger partial charge in [-0.25, -0.2) is 0 Å². The fourth-order valence-corrected chi connectivity index (χ4v) is 2.09. The second kappa shape index (κ2) is 3.89. The van der Waals surface area contributed by atoms with Crippen LogP contribution in [0.1, 0.15) is 0 Å². The molecule has 1 aliphatic heterocycles. The van der Waals surface area contributed by atoms with Gasteiger partial charge in [0.05, 0.1) is 7.11 Å². The molecule has 0 bridgehead atoms. The van der Waals surface area contributed by atoms with Gasteiger partial charge in [-0.05, 0) is 0 Å². The van der Waals surface area contributed by atoms with Crippen LogP contribution in [0, 0.1) is 0 Å². The molecule has 1 rings (SSSR count). The van der Waals surface area contributed by atoms with E-state index in [0.29, 0.717) is 10.8 Å². The first-order chi connectivity index (χ1) is 6.11. The molecule has 1 heterocycles. The molecular weight excluding hydrogens is 192 g/mol. The van der Waals surface area contributed by atoms with Gasteiger partial charge in [0.25, 0.3) is 5.91 Å². The minimum Gasteiger partial charge on any atom is -0.481 e. The number of hydrogen-bond acceptors (Lipinski definition) is 5. The zero-order chi connectivity index (χ0) is 10.0. The van der Waals surface area contributed by atoms with Crippen LogP contribution in [-0.2, 0) is 14.3 Å². The normalized spacial score (nSPS) is 22.4. The summed E-state index contributed by atoms with van der Waals surface area (Å²) in [4.78, 5) is 13.1. The number of nitrogens with zero attached hydrogens (tertiary/aromatic N) is 1. The molecular formula is C7H12N2O3S. The van der Waals surface area contributed by atoms with Gasteiger partial charge < -0.3 is 20.1 Å². The average Bonchev–Trinajstić information content (AvgIpc) is 2.42. The van der Waals surface area contributed by atoms with E-state index in [2.05, 4.69) is 0 Å². The van der Waals surface area contributed by atoms with Crippen molar-refractivity contribution in [3.63, 3.8) is 0 Å². The second-order valence-corrected chi connectivity index (χ2v) is 3.52. The van der Waals surface area contributed by atoms with Crippen LogP contribution in [0.15, 0.2) is 10.8 Å². The summed E-state index contributed by atoms with van der Waals surface area (Å²) >= 11 is 1.24. The lowest BCUT2D eigenvalue weighted by Gasteiger charge is -2.20. The summed E-state index contributed by atoms with van der Waals surface area (Å²) in [5.74, 6) is -0.0300. The molecule has 1 atom stereocenters. The van der Waals surface area contributed by atoms with Gasteiger partial charge in [-0.3, -0.25) is 4.79 Å². The Balaban J connectivity index is 2.90. The smallest absolute Gasteiger partial charge is 0.260 e. The SMILES string of the molecule is COC1=C(C(N)=O)SC(OC)N1C. The molecule has 0 saturated carbocycles. The third kappa shape index (κ3) is 1.73. The zero-order valence-electron chi connectivity index (χ0n) is 7.73. The summed E-state index contributed by atoms with van der Waals surface area (Å²) in [5.41, 5.74) is 4.92. The summed E-state index contributed by atoms with van der Waals surface area (Å²) in [5, 5.41) is 0. The highest BCUT2D eigenvalue weighted by Crippen LogP contribution is 2.36. The summed E-state index contributed by atoms with van der Waals surface area (Å²) in [7, 11) is 4.83. The van der Waals surface area contributed by atoms with E-state index in [-0.39, 0.29) is 5.56 Å². The Kier molecular flexibility index (Phi) is 3.05. The lowest BCUT2D eigenvalue weighted by Crippen LogP contribution is -2.26. The number of methoxy groups -OCH3 is 2. The van der Waals surface area contributed by atoms with Gasteiger partial charge in [0.2, 0.25) is 5.88 Å². The lowest BCUT2D eigenvalue weighted by atomic mass is 10.5. The van der Waals surface area contributed by atoms with E-state index in [0.717, 1.165) is 0 Å². The average molecular weight is 204 g/mol. The Hall–Kier alpha value is -0.880. The predicted molar refractivity (Wildman–Crippen MR) is 49.4 cm³/mol. The van der Waals surface area contributed by atoms with Gasteiger partial charge >= 0.3 is 0 Å². The minimum absolute atomic E-state index is 0.238. The first kappa shape index (κ1) is 10.2. The highest BCUT2D eigenvalue weighted by atomic mass is 32.2. The Bertz CT molecular complexity index is 254. The topological polar surface area (TPSA) is 64.8 Å². The summed E-state index contributed by atoms with van der Waals surface area (Å²) < 4.78 is 10.1. The predicted octanol–water partition coefficient (Wildman–Crippen LogP) is -0.104. The number of thioether (sulfide) groups is 1. The largest absolute Gasteiger partial charge is 0.481 e. The Morgan fingerprint density at radius 3 is 2.54 bits per heavy atom. The molecule has 0 spiro atoms. The van der Waals surface area contributed by atoms with Crippen LogP contribution in [0.5, 0.6) is 0 Å². The first-order valence-corrected chi connectivity index (χ1v) is 4.50. The van der Waals surface area contributed by atoms with Crippen molar-refractivity contribution in [2.24, 2.45) is 5.73 Å². The van der Waals surface area contributed by atoms with Crippen molar-refractivity contribution in [3.8, 4) is 0 Å². The van der Waals surface area contributed by atoms with Crippen molar-refractivity contribution in [3.05, 3.63) is 10.8 Å². The number of rotatable bonds is 3. The van der Waals surface area contributed by atoms with Gasteiger partial charge in [-0.1, -0.05) is 11.8 Å². The van der Waals surface area contributed by atoms with Gasteiger partial charge in [-0.15, -0.1) is 0 Å². The van der Waals surface area contributed by atoms with Crippen LogP contribution in [-0.4, -0.2) is 37.6 Å². The van der Waals surface area contributed by atoms with E-state index < -0.39 is 5.91 Å². The Morgan fingerprint density at radius 1 is 1.62 bits per heavy atom. The highest BCUT2D eigenvalue weighted by Gasteiger charge is 2.33. The van der Waals surface area contributed by atoms with Crippen LogP contribution >= 0.6 is 11.8 Å². The van der Waals surface area contributed by atoms with Crippen LogP contribution in [0.3, 0.4) is 0 Å². The molecule has 0 aliphatic carbocycles. The first-order valence-electron chi connectivity index (χ1n) is 3.62. The number of carbonyl (C=O) groups excluding carboxylic acids is 1. The van der Waals surface area contributed by atoms with Crippen LogP contribution in [0.25, 0.3) is 0 Å². The number of primary amides is 1. The maximum atomic E-state index is 11.0. The van der Waals surface area contributed by atoms with E-state index >= 15 is 0 Å². The molecule has 5 nitrogen and oxygen atoms in total. The van der Waals surface area contributed by atoms with Gasteiger partial charge in [0, 0.05) is 14.2 Å². The van der Waals surface area contributed by atoms with Crippen molar-refractivity contribution in [1.29, 1.82) is 0 Å². The molecule has 0 aromatic carbocycles. The lowest BCUT2D eigenvalue weighted by molar-refractivity contribution is -0.114. The molecule has 0 aromatic rings. The van der Waals surface area contributed by atoms with Crippen LogP contribution < -0.4 is 5.73 Å². The van der Waals surface area contributed by atoms with Gasteiger partial charge in [0.1, 0.15) is 4.91 Å². The molecule has 0 fully saturated rings. The molecule has 2 N–H and O–H groups in total. The highest BCUT2D eigenvalue weighted by molar-refractivity contribution is 8.04. The van der Waals surface area contributed by atoms with Gasteiger partial charge in [-0.2, -0.15) is 0 Å². The molecule has 0 saturated heterocycles.